The van der Waals surface area contributed by atoms with Crippen molar-refractivity contribution in [2.45, 2.75) is 43.4 Å². The van der Waals surface area contributed by atoms with Gasteiger partial charge in [0.05, 0.1) is 17.5 Å². The maximum absolute atomic E-state index is 12.8. The zero-order valence-corrected chi connectivity index (χ0v) is 18.0. The van der Waals surface area contributed by atoms with Crippen molar-refractivity contribution in [3.05, 3.63) is 24.3 Å². The Kier molecular flexibility index (Phi) is 5.44. The van der Waals surface area contributed by atoms with Crippen LogP contribution in [0, 0.1) is 5.92 Å². The summed E-state index contributed by atoms with van der Waals surface area (Å²) in [4.78, 5) is 21.3. The van der Waals surface area contributed by atoms with Gasteiger partial charge in [-0.25, -0.2) is 8.42 Å². The number of amidine groups is 1. The molecule has 2 aliphatic heterocycles. The van der Waals surface area contributed by atoms with Crippen LogP contribution in [0.4, 0.5) is 11.4 Å². The van der Waals surface area contributed by atoms with Gasteiger partial charge in [0.15, 0.2) is 15.0 Å². The molecule has 2 saturated heterocycles. The van der Waals surface area contributed by atoms with Crippen molar-refractivity contribution in [1.29, 1.82) is 0 Å². The Hall–Kier alpha value is -1.54. The summed E-state index contributed by atoms with van der Waals surface area (Å²) in [5.41, 5.74) is 1.97. The van der Waals surface area contributed by atoms with E-state index in [9.17, 15) is 13.2 Å². The summed E-state index contributed by atoms with van der Waals surface area (Å²) in [6.45, 7) is 0. The molecule has 6 nitrogen and oxygen atoms in total. The van der Waals surface area contributed by atoms with Crippen molar-refractivity contribution in [2.75, 3.05) is 35.4 Å². The van der Waals surface area contributed by atoms with E-state index >= 15 is 0 Å². The first kappa shape index (κ1) is 19.8. The van der Waals surface area contributed by atoms with E-state index in [1.165, 1.54) is 18.2 Å². The van der Waals surface area contributed by atoms with Gasteiger partial charge in [0.25, 0.3) is 5.91 Å². The zero-order chi connectivity index (χ0) is 19.9. The lowest BCUT2D eigenvalue weighted by atomic mass is 9.89. The molecular weight excluding hydrogens is 394 g/mol. The molecule has 1 aromatic carbocycles. The highest BCUT2D eigenvalue weighted by Gasteiger charge is 2.49. The predicted octanol–water partition coefficient (Wildman–Crippen LogP) is 2.93. The van der Waals surface area contributed by atoms with E-state index in [0.717, 1.165) is 37.1 Å². The predicted molar refractivity (Wildman–Crippen MR) is 116 cm³/mol. The Bertz CT molecular complexity index is 874. The third-order valence-electron chi connectivity index (χ3n) is 5.87. The van der Waals surface area contributed by atoms with Gasteiger partial charge >= 0.3 is 0 Å². The molecule has 0 bridgehead atoms. The first-order valence-electron chi connectivity index (χ1n) is 9.90. The number of thioether (sulfide) groups is 1. The summed E-state index contributed by atoms with van der Waals surface area (Å²) in [7, 11) is 0.913. The monoisotopic (exact) mass is 421 g/mol. The minimum atomic E-state index is -3.05. The highest BCUT2D eigenvalue weighted by Crippen LogP contribution is 2.41. The third kappa shape index (κ3) is 3.94. The summed E-state index contributed by atoms with van der Waals surface area (Å²) in [6, 6.07) is 7.85. The van der Waals surface area contributed by atoms with E-state index in [4.69, 9.17) is 0 Å². The molecule has 2 unspecified atom stereocenters. The number of sulfone groups is 1. The second-order valence-electron chi connectivity index (χ2n) is 8.15. The van der Waals surface area contributed by atoms with Crippen LogP contribution in [0.3, 0.4) is 0 Å². The molecule has 28 heavy (non-hydrogen) atoms. The molecule has 8 heteroatoms. The maximum atomic E-state index is 12.8. The number of amides is 1. The van der Waals surface area contributed by atoms with Crippen LogP contribution in [0.15, 0.2) is 29.3 Å². The van der Waals surface area contributed by atoms with E-state index in [-0.39, 0.29) is 34.6 Å². The number of anilines is 2. The SMILES string of the molecule is CN(C)c1ccc(N2C(=NC(=O)C3CCCCC3)SC3CS(=O)(=O)CC32)cc1. The van der Waals surface area contributed by atoms with Crippen LogP contribution in [0.25, 0.3) is 0 Å². The first-order chi connectivity index (χ1) is 13.3. The van der Waals surface area contributed by atoms with Crippen LogP contribution >= 0.6 is 11.8 Å². The molecule has 2 heterocycles. The molecular formula is C20H27N3O3S2. The Morgan fingerprint density at radius 1 is 1.11 bits per heavy atom. The van der Waals surface area contributed by atoms with E-state index < -0.39 is 9.84 Å². The number of fused-ring (bicyclic) bond motifs is 1. The lowest BCUT2D eigenvalue weighted by Crippen LogP contribution is -2.38. The fraction of sp³-hybridized carbons (Fsp3) is 0.600. The molecule has 3 aliphatic rings. The molecule has 0 N–H and O–H groups in total. The Morgan fingerprint density at radius 3 is 2.43 bits per heavy atom. The Balaban J connectivity index is 1.65. The molecule has 1 saturated carbocycles. The summed E-state index contributed by atoms with van der Waals surface area (Å²) >= 11 is 1.45. The number of rotatable bonds is 3. The van der Waals surface area contributed by atoms with Gasteiger partial charge in [-0.05, 0) is 37.1 Å². The minimum absolute atomic E-state index is 0.0176. The lowest BCUT2D eigenvalue weighted by molar-refractivity contribution is -0.122. The molecule has 152 valence electrons. The molecule has 1 aliphatic carbocycles. The van der Waals surface area contributed by atoms with Crippen molar-refractivity contribution in [1.82, 2.24) is 0 Å². The molecule has 4 rings (SSSR count). The second kappa shape index (κ2) is 7.71. The maximum Gasteiger partial charge on any atom is 0.251 e. The topological polar surface area (TPSA) is 70.0 Å². The van der Waals surface area contributed by atoms with Crippen molar-refractivity contribution in [3.8, 4) is 0 Å². The van der Waals surface area contributed by atoms with Crippen molar-refractivity contribution in [2.24, 2.45) is 10.9 Å². The number of hydrogen-bond acceptors (Lipinski definition) is 5. The van der Waals surface area contributed by atoms with E-state index in [1.54, 1.807) is 0 Å². The molecule has 0 spiro atoms. The standard InChI is InChI=1S/C20H27N3O3S2/c1-22(2)15-8-10-16(11-9-15)23-17-12-28(25,26)13-18(17)27-20(23)21-19(24)14-6-4-3-5-7-14/h8-11,14,17-18H,3-7,12-13H2,1-2H3. The van der Waals surface area contributed by atoms with Gasteiger partial charge in [-0.1, -0.05) is 31.0 Å². The number of carbonyl (C=O) groups is 1. The normalized spacial score (nSPS) is 28.5. The van der Waals surface area contributed by atoms with Gasteiger partial charge < -0.3 is 9.80 Å². The number of carbonyl (C=O) groups excluding carboxylic acids is 1. The summed E-state index contributed by atoms with van der Waals surface area (Å²) in [5, 5.41) is 0.606. The third-order valence-corrected chi connectivity index (χ3v) is 9.08. The summed E-state index contributed by atoms with van der Waals surface area (Å²) in [5.74, 6) is 0.256. The van der Waals surface area contributed by atoms with Crippen molar-refractivity contribution >= 4 is 44.0 Å². The number of nitrogens with zero attached hydrogens (tertiary/aromatic N) is 3. The second-order valence-corrected chi connectivity index (χ2v) is 11.5. The number of benzene rings is 1. The van der Waals surface area contributed by atoms with Crippen LogP contribution in [-0.4, -0.2) is 56.4 Å². The lowest BCUT2D eigenvalue weighted by Gasteiger charge is -2.26. The van der Waals surface area contributed by atoms with Crippen LogP contribution in [0.1, 0.15) is 32.1 Å². The zero-order valence-electron chi connectivity index (χ0n) is 16.4. The number of hydrogen-bond donors (Lipinski definition) is 0. The smallest absolute Gasteiger partial charge is 0.251 e. The van der Waals surface area contributed by atoms with Gasteiger partial charge in [-0.15, -0.1) is 0 Å². The highest BCUT2D eigenvalue weighted by molar-refractivity contribution is 8.16. The van der Waals surface area contributed by atoms with Gasteiger partial charge in [-0.3, -0.25) is 4.79 Å². The van der Waals surface area contributed by atoms with Crippen molar-refractivity contribution in [3.63, 3.8) is 0 Å². The molecule has 0 aromatic heterocycles. The van der Waals surface area contributed by atoms with Crippen LogP contribution in [0.2, 0.25) is 0 Å². The molecule has 0 radical (unpaired) electrons. The van der Waals surface area contributed by atoms with Crippen molar-refractivity contribution < 1.29 is 13.2 Å². The highest BCUT2D eigenvalue weighted by atomic mass is 32.2. The summed E-state index contributed by atoms with van der Waals surface area (Å²) in [6.07, 6.45) is 5.21. The van der Waals surface area contributed by atoms with Gasteiger partial charge in [-0.2, -0.15) is 4.99 Å². The number of aliphatic imine (C=N–C) groups is 1. The van der Waals surface area contributed by atoms with Crippen LogP contribution in [0.5, 0.6) is 0 Å². The molecule has 1 aromatic rings. The fourth-order valence-electron chi connectivity index (χ4n) is 4.31. The summed E-state index contributed by atoms with van der Waals surface area (Å²) < 4.78 is 24.4. The largest absolute Gasteiger partial charge is 0.378 e. The average Bonchev–Trinajstić information content (AvgIpc) is 3.13. The van der Waals surface area contributed by atoms with Gasteiger partial charge in [0, 0.05) is 36.6 Å². The molecule has 3 fully saturated rings. The average molecular weight is 422 g/mol. The first-order valence-corrected chi connectivity index (χ1v) is 12.6. The Labute approximate surface area is 171 Å². The van der Waals surface area contributed by atoms with Gasteiger partial charge in [0.1, 0.15) is 0 Å². The van der Waals surface area contributed by atoms with E-state index in [2.05, 4.69) is 4.99 Å². The van der Waals surface area contributed by atoms with E-state index in [1.807, 2.05) is 48.2 Å². The van der Waals surface area contributed by atoms with Crippen LogP contribution < -0.4 is 9.80 Å². The van der Waals surface area contributed by atoms with Crippen LogP contribution in [-0.2, 0) is 14.6 Å². The minimum Gasteiger partial charge on any atom is -0.378 e. The molecule has 2 atom stereocenters. The quantitative estimate of drug-likeness (QED) is 0.747. The fourth-order valence-corrected chi connectivity index (χ4v) is 8.23. The Morgan fingerprint density at radius 2 is 1.79 bits per heavy atom. The van der Waals surface area contributed by atoms with E-state index in [0.29, 0.717) is 5.17 Å². The van der Waals surface area contributed by atoms with Gasteiger partial charge in [0.2, 0.25) is 0 Å². The molecule has 1 amide bonds.